The van der Waals surface area contributed by atoms with Crippen LogP contribution in [-0.2, 0) is 14.3 Å². The Morgan fingerprint density at radius 3 is 2.20 bits per heavy atom. The van der Waals surface area contributed by atoms with Crippen molar-refractivity contribution in [2.45, 2.75) is 26.8 Å². The van der Waals surface area contributed by atoms with E-state index in [1.54, 1.807) is 50.3 Å². The molecule has 11 nitrogen and oxygen atoms in total. The number of ether oxygens (including phenoxy) is 6. The van der Waals surface area contributed by atoms with Crippen LogP contribution in [0.1, 0.15) is 37.9 Å². The van der Waals surface area contributed by atoms with Crippen molar-refractivity contribution in [3.8, 4) is 28.7 Å². The number of rotatable bonds is 9. The first-order valence-corrected chi connectivity index (χ1v) is 13.3. The van der Waals surface area contributed by atoms with Gasteiger partial charge in [-0.2, -0.15) is 0 Å². The molecule has 2 aromatic carbocycles. The molecule has 0 saturated heterocycles. The number of methoxy groups -OCH3 is 4. The molecule has 2 heterocycles. The fourth-order valence-electron chi connectivity index (χ4n) is 4.54. The molecule has 0 amide bonds. The quantitative estimate of drug-likeness (QED) is 0.277. The zero-order valence-electron chi connectivity index (χ0n) is 23.7. The number of hydrogen-bond donors (Lipinski definition) is 0. The van der Waals surface area contributed by atoms with E-state index >= 15 is 0 Å². The fraction of sp³-hybridized carbons (Fsp3) is 0.310. The zero-order chi connectivity index (χ0) is 29.8. The number of benzene rings is 2. The standard InChI is InChI=1S/C29H30N2O9S/c1-8-39-28(34)24-15(2)30-29-31(25(24)18-9-10-19(40-16(3)32)20(14-18)35-4)27(33)23(41-29)13-17-11-21(36-5)26(38-7)22(12-17)37-6/h9-14,25H,8H2,1-7H3/b23-13+/t25-/m0/s1. The molecule has 216 valence electrons. The van der Waals surface area contributed by atoms with E-state index in [9.17, 15) is 14.4 Å². The molecule has 0 aliphatic carbocycles. The van der Waals surface area contributed by atoms with E-state index < -0.39 is 18.0 Å². The largest absolute Gasteiger partial charge is 0.493 e. The lowest BCUT2D eigenvalue weighted by atomic mass is 9.95. The number of nitrogens with zero attached hydrogens (tertiary/aromatic N) is 2. The number of fused-ring (bicyclic) bond motifs is 1. The third kappa shape index (κ3) is 5.68. The number of aromatic nitrogens is 1. The maximum absolute atomic E-state index is 14.0. The summed E-state index contributed by atoms with van der Waals surface area (Å²) in [5.41, 5.74) is 1.42. The molecule has 3 aromatic rings. The summed E-state index contributed by atoms with van der Waals surface area (Å²) in [5.74, 6) is 0.648. The lowest BCUT2D eigenvalue weighted by molar-refractivity contribution is -0.139. The van der Waals surface area contributed by atoms with Gasteiger partial charge in [-0.15, -0.1) is 0 Å². The minimum absolute atomic E-state index is 0.141. The van der Waals surface area contributed by atoms with E-state index in [0.717, 1.165) is 0 Å². The molecule has 0 spiro atoms. The third-order valence-corrected chi connectivity index (χ3v) is 7.24. The summed E-state index contributed by atoms with van der Waals surface area (Å²) in [4.78, 5) is 43.7. The summed E-state index contributed by atoms with van der Waals surface area (Å²) in [6, 6.07) is 7.42. The second-order valence-electron chi connectivity index (χ2n) is 8.76. The van der Waals surface area contributed by atoms with Gasteiger partial charge in [0.15, 0.2) is 27.8 Å². The first-order chi connectivity index (χ1) is 19.7. The summed E-state index contributed by atoms with van der Waals surface area (Å²) in [6.45, 7) is 4.82. The number of allylic oxidation sites excluding steroid dienone is 1. The van der Waals surface area contributed by atoms with Gasteiger partial charge in [-0.25, -0.2) is 9.79 Å². The van der Waals surface area contributed by atoms with Crippen LogP contribution < -0.4 is 38.6 Å². The van der Waals surface area contributed by atoms with Crippen molar-refractivity contribution in [3.63, 3.8) is 0 Å². The van der Waals surface area contributed by atoms with Gasteiger partial charge in [-0.05, 0) is 55.3 Å². The van der Waals surface area contributed by atoms with Crippen LogP contribution in [-0.4, -0.2) is 51.6 Å². The number of thiazole rings is 1. The van der Waals surface area contributed by atoms with Crippen LogP contribution in [0.3, 0.4) is 0 Å². The van der Waals surface area contributed by atoms with Crippen molar-refractivity contribution in [3.05, 3.63) is 72.4 Å². The van der Waals surface area contributed by atoms with E-state index in [-0.39, 0.29) is 29.2 Å². The second-order valence-corrected chi connectivity index (χ2v) is 9.77. The van der Waals surface area contributed by atoms with E-state index in [4.69, 9.17) is 28.4 Å². The second kappa shape index (κ2) is 12.3. The molecule has 12 heteroatoms. The first kappa shape index (κ1) is 29.4. The van der Waals surface area contributed by atoms with Gasteiger partial charge in [0.1, 0.15) is 0 Å². The van der Waals surface area contributed by atoms with Crippen LogP contribution in [0.5, 0.6) is 28.7 Å². The highest BCUT2D eigenvalue weighted by atomic mass is 32.1. The average Bonchev–Trinajstić information content (AvgIpc) is 3.25. The summed E-state index contributed by atoms with van der Waals surface area (Å²) < 4.78 is 34.2. The van der Waals surface area contributed by atoms with Gasteiger partial charge in [-0.1, -0.05) is 17.4 Å². The maximum atomic E-state index is 14.0. The normalized spacial score (nSPS) is 14.6. The molecule has 1 aliphatic heterocycles. The van der Waals surface area contributed by atoms with Gasteiger partial charge in [0.25, 0.3) is 5.56 Å². The monoisotopic (exact) mass is 582 g/mol. The number of carbonyl (C=O) groups is 2. The predicted molar refractivity (Wildman–Crippen MR) is 151 cm³/mol. The topological polar surface area (TPSA) is 124 Å². The van der Waals surface area contributed by atoms with Crippen molar-refractivity contribution in [1.82, 2.24) is 4.57 Å². The van der Waals surface area contributed by atoms with Crippen molar-refractivity contribution in [1.29, 1.82) is 0 Å². The van der Waals surface area contributed by atoms with Crippen LogP contribution in [0.2, 0.25) is 0 Å². The molecule has 0 radical (unpaired) electrons. The highest BCUT2D eigenvalue weighted by Crippen LogP contribution is 2.39. The molecule has 0 unspecified atom stereocenters. The molecule has 41 heavy (non-hydrogen) atoms. The Morgan fingerprint density at radius 2 is 1.63 bits per heavy atom. The van der Waals surface area contributed by atoms with Gasteiger partial charge in [0.2, 0.25) is 5.75 Å². The first-order valence-electron chi connectivity index (χ1n) is 12.5. The van der Waals surface area contributed by atoms with E-state index in [1.165, 1.54) is 51.3 Å². The molecule has 4 rings (SSSR count). The van der Waals surface area contributed by atoms with Gasteiger partial charge in [0, 0.05) is 6.92 Å². The summed E-state index contributed by atoms with van der Waals surface area (Å²) >= 11 is 1.17. The molecule has 0 fully saturated rings. The smallest absolute Gasteiger partial charge is 0.338 e. The highest BCUT2D eigenvalue weighted by molar-refractivity contribution is 7.07. The Hall–Kier alpha value is -4.58. The van der Waals surface area contributed by atoms with Crippen LogP contribution in [0.4, 0.5) is 0 Å². The Bertz CT molecular complexity index is 1690. The summed E-state index contributed by atoms with van der Waals surface area (Å²) in [5, 5.41) is 0. The van der Waals surface area contributed by atoms with Gasteiger partial charge in [-0.3, -0.25) is 14.2 Å². The lowest BCUT2D eigenvalue weighted by Crippen LogP contribution is -2.40. The van der Waals surface area contributed by atoms with Gasteiger partial charge < -0.3 is 28.4 Å². The van der Waals surface area contributed by atoms with Crippen molar-refractivity contribution in [2.75, 3.05) is 35.0 Å². The Kier molecular flexibility index (Phi) is 8.82. The van der Waals surface area contributed by atoms with Crippen molar-refractivity contribution < 1.29 is 38.0 Å². The molecule has 1 aliphatic rings. The Morgan fingerprint density at radius 1 is 0.976 bits per heavy atom. The average molecular weight is 583 g/mol. The minimum Gasteiger partial charge on any atom is -0.493 e. The van der Waals surface area contributed by atoms with Crippen LogP contribution >= 0.6 is 11.3 Å². The molecule has 1 aromatic heterocycles. The van der Waals surface area contributed by atoms with Gasteiger partial charge in [0.05, 0.1) is 56.9 Å². The van der Waals surface area contributed by atoms with E-state index in [2.05, 4.69) is 4.99 Å². The van der Waals surface area contributed by atoms with E-state index in [0.29, 0.717) is 43.4 Å². The number of carbonyl (C=O) groups excluding carboxylic acids is 2. The number of hydrogen-bond acceptors (Lipinski definition) is 11. The minimum atomic E-state index is -0.882. The van der Waals surface area contributed by atoms with E-state index in [1.807, 2.05) is 0 Å². The van der Waals surface area contributed by atoms with Gasteiger partial charge >= 0.3 is 11.9 Å². The van der Waals surface area contributed by atoms with Crippen LogP contribution in [0.25, 0.3) is 6.08 Å². The van der Waals surface area contributed by atoms with Crippen molar-refractivity contribution in [2.24, 2.45) is 4.99 Å². The van der Waals surface area contributed by atoms with Crippen LogP contribution in [0, 0.1) is 0 Å². The zero-order valence-corrected chi connectivity index (χ0v) is 24.5. The summed E-state index contributed by atoms with van der Waals surface area (Å²) in [7, 11) is 5.96. The molecule has 0 bridgehead atoms. The fourth-order valence-corrected chi connectivity index (χ4v) is 5.58. The molecule has 0 saturated carbocycles. The molecule has 1 atom stereocenters. The SMILES string of the molecule is CCOC(=O)C1=C(C)N=c2s/c(=C/c3cc(OC)c(OC)c(OC)c3)c(=O)n2[C@H]1c1ccc(OC(C)=O)c(OC)c1. The predicted octanol–water partition coefficient (Wildman–Crippen LogP) is 2.76. The number of esters is 2. The Balaban J connectivity index is 1.96. The molecule has 0 N–H and O–H groups in total. The Labute approximate surface area is 239 Å². The molecular weight excluding hydrogens is 552 g/mol. The summed E-state index contributed by atoms with van der Waals surface area (Å²) in [6.07, 6.45) is 1.69. The molecular formula is C29H30N2O9S. The lowest BCUT2D eigenvalue weighted by Gasteiger charge is -2.25. The highest BCUT2D eigenvalue weighted by Gasteiger charge is 2.34. The third-order valence-electron chi connectivity index (χ3n) is 6.26. The maximum Gasteiger partial charge on any atom is 0.338 e. The van der Waals surface area contributed by atoms with Crippen LogP contribution in [0.15, 0.2) is 51.4 Å². The van der Waals surface area contributed by atoms with Crippen molar-refractivity contribution >= 4 is 29.4 Å².